The molecule has 0 bridgehead atoms. The van der Waals surface area contributed by atoms with E-state index in [4.69, 9.17) is 19.3 Å². The summed E-state index contributed by atoms with van der Waals surface area (Å²) in [7, 11) is 3.17. The molecule has 0 saturated carbocycles. The Kier molecular flexibility index (Phi) is 8.43. The van der Waals surface area contributed by atoms with Crippen molar-refractivity contribution in [2.45, 2.75) is 57.8 Å². The van der Waals surface area contributed by atoms with Crippen LogP contribution in [0.4, 0.5) is 4.79 Å². The third-order valence-electron chi connectivity index (χ3n) is 8.33. The zero-order chi connectivity index (χ0) is 33.5. The number of nitrogens with zero attached hydrogens (tertiary/aromatic N) is 5. The topological polar surface area (TPSA) is 133 Å². The number of aromatic nitrogens is 3. The van der Waals surface area contributed by atoms with Gasteiger partial charge in [-0.3, -0.25) is 29.1 Å². The number of rotatable bonds is 8. The van der Waals surface area contributed by atoms with Crippen molar-refractivity contribution in [2.24, 2.45) is 7.05 Å². The first-order valence-electron chi connectivity index (χ1n) is 15.6. The van der Waals surface area contributed by atoms with Crippen molar-refractivity contribution in [3.05, 3.63) is 77.6 Å². The number of likely N-dealkylation sites (tertiary alicyclic amines) is 1. The van der Waals surface area contributed by atoms with Crippen molar-refractivity contribution >= 4 is 34.8 Å². The van der Waals surface area contributed by atoms with Gasteiger partial charge in [0.05, 0.1) is 36.0 Å². The fourth-order valence-electron chi connectivity index (χ4n) is 6.25. The lowest BCUT2D eigenvalue weighted by molar-refractivity contribution is -0.145. The Morgan fingerprint density at radius 3 is 2.36 bits per heavy atom. The molecule has 3 amide bonds. The van der Waals surface area contributed by atoms with Gasteiger partial charge in [0.1, 0.15) is 23.5 Å². The van der Waals surface area contributed by atoms with Gasteiger partial charge in [-0.2, -0.15) is 5.10 Å². The lowest BCUT2D eigenvalue weighted by atomic mass is 10.0. The number of carbonyl (C=O) groups is 4. The first-order chi connectivity index (χ1) is 22.4. The van der Waals surface area contributed by atoms with Crippen LogP contribution in [0.2, 0.25) is 0 Å². The maximum Gasteiger partial charge on any atom is 0.411 e. The highest BCUT2D eigenvalue weighted by Crippen LogP contribution is 2.33. The van der Waals surface area contributed by atoms with Crippen molar-refractivity contribution in [1.82, 2.24) is 24.6 Å². The first-order valence-corrected chi connectivity index (χ1v) is 15.6. The molecular formula is C35H37N5O7. The molecule has 0 N–H and O–H groups in total. The van der Waals surface area contributed by atoms with E-state index in [0.29, 0.717) is 35.4 Å². The Morgan fingerprint density at radius 2 is 1.68 bits per heavy atom. The van der Waals surface area contributed by atoms with Crippen molar-refractivity contribution < 1.29 is 33.4 Å². The molecule has 4 aromatic rings. The van der Waals surface area contributed by atoms with E-state index in [-0.39, 0.29) is 31.3 Å². The fourth-order valence-corrected chi connectivity index (χ4v) is 6.25. The predicted molar refractivity (Wildman–Crippen MR) is 172 cm³/mol. The molecule has 0 spiro atoms. The highest BCUT2D eigenvalue weighted by molar-refractivity contribution is 6.21. The number of carbonyl (C=O) groups excluding carboxylic acids is 4. The molecule has 0 radical (unpaired) electrons. The van der Waals surface area contributed by atoms with Crippen LogP contribution in [0.3, 0.4) is 0 Å². The minimum Gasteiger partial charge on any atom is -0.488 e. The number of methoxy groups -OCH3 is 1. The second-order valence-electron chi connectivity index (χ2n) is 12.7. The number of hydrogen-bond donors (Lipinski definition) is 0. The van der Waals surface area contributed by atoms with Crippen LogP contribution in [-0.2, 0) is 27.7 Å². The van der Waals surface area contributed by atoms with Crippen LogP contribution in [0, 0.1) is 0 Å². The number of pyridine rings is 1. The Bertz CT molecular complexity index is 1840. The van der Waals surface area contributed by atoms with Gasteiger partial charge in [0, 0.05) is 48.9 Å². The maximum atomic E-state index is 12.9. The van der Waals surface area contributed by atoms with Crippen molar-refractivity contribution in [1.29, 1.82) is 0 Å². The predicted octanol–water partition coefficient (Wildman–Crippen LogP) is 4.79. The van der Waals surface area contributed by atoms with Gasteiger partial charge in [0.2, 0.25) is 0 Å². The average molecular weight is 640 g/mol. The number of ether oxygens (including phenoxy) is 3. The molecular weight excluding hydrogens is 602 g/mol. The van der Waals surface area contributed by atoms with Gasteiger partial charge in [0.15, 0.2) is 0 Å². The van der Waals surface area contributed by atoms with Crippen LogP contribution in [0.15, 0.2) is 60.8 Å². The molecule has 2 atom stereocenters. The minimum absolute atomic E-state index is 0.155. The normalized spacial score (nSPS) is 17.7. The molecule has 12 nitrogen and oxygen atoms in total. The molecule has 12 heteroatoms. The summed E-state index contributed by atoms with van der Waals surface area (Å²) in [6.45, 7) is 5.75. The summed E-state index contributed by atoms with van der Waals surface area (Å²) in [5.41, 5.74) is 3.41. The summed E-state index contributed by atoms with van der Waals surface area (Å²) < 4.78 is 18.6. The molecule has 4 heterocycles. The lowest BCUT2D eigenvalue weighted by Crippen LogP contribution is -2.44. The zero-order valence-corrected chi connectivity index (χ0v) is 27.1. The molecule has 47 heavy (non-hydrogen) atoms. The van der Waals surface area contributed by atoms with E-state index in [1.807, 2.05) is 36.0 Å². The van der Waals surface area contributed by atoms with Crippen LogP contribution in [0.5, 0.6) is 5.75 Å². The van der Waals surface area contributed by atoms with Crippen LogP contribution in [-0.4, -0.2) is 86.4 Å². The van der Waals surface area contributed by atoms with Gasteiger partial charge in [-0.1, -0.05) is 24.3 Å². The van der Waals surface area contributed by atoms with Crippen LogP contribution in [0.25, 0.3) is 22.2 Å². The summed E-state index contributed by atoms with van der Waals surface area (Å²) in [6, 6.07) is 15.4. The monoisotopic (exact) mass is 639 g/mol. The molecule has 6 rings (SSSR count). The molecule has 2 aromatic heterocycles. The van der Waals surface area contributed by atoms with Crippen LogP contribution in [0.1, 0.15) is 60.0 Å². The maximum absolute atomic E-state index is 12.9. The third-order valence-corrected chi connectivity index (χ3v) is 8.33. The Labute approximate surface area is 272 Å². The van der Waals surface area contributed by atoms with E-state index in [1.54, 1.807) is 57.3 Å². The summed E-state index contributed by atoms with van der Waals surface area (Å²) in [4.78, 5) is 58.5. The largest absolute Gasteiger partial charge is 0.488 e. The van der Waals surface area contributed by atoms with E-state index < -0.39 is 29.8 Å². The number of esters is 1. The summed E-state index contributed by atoms with van der Waals surface area (Å²) in [6.07, 6.45) is 1.95. The third kappa shape index (κ3) is 6.27. The highest BCUT2D eigenvalue weighted by Gasteiger charge is 2.43. The quantitative estimate of drug-likeness (QED) is 0.197. The molecule has 1 saturated heterocycles. The van der Waals surface area contributed by atoms with Gasteiger partial charge in [-0.05, 0) is 57.9 Å². The number of fused-ring (bicyclic) bond motifs is 2. The summed E-state index contributed by atoms with van der Waals surface area (Å²) >= 11 is 0. The standard InChI is InChI=1S/C35H37N5O7/c1-35(2,3)47-34(44)40-20-22(19-29(40)33(43)45-5)46-21-15-16-36-27(18-21)25-12-8-13-26-30(25)28(38(4)37-26)14-9-17-39-31(41)23-10-6-7-11-24(23)32(39)42/h6-8,10-13,15-16,18,22,29H,9,14,17,19-20H2,1-5H3/t22-,29-/m0/s1. The fraction of sp³-hybridized carbons (Fsp3) is 0.371. The van der Waals surface area contributed by atoms with E-state index in [9.17, 15) is 19.2 Å². The molecule has 2 aliphatic rings. The first kappa shape index (κ1) is 31.7. The Balaban J connectivity index is 1.20. The zero-order valence-electron chi connectivity index (χ0n) is 27.1. The molecule has 0 aliphatic carbocycles. The van der Waals surface area contributed by atoms with Gasteiger partial charge < -0.3 is 14.2 Å². The van der Waals surface area contributed by atoms with Crippen LogP contribution < -0.4 is 4.74 Å². The second kappa shape index (κ2) is 12.5. The molecule has 2 aromatic carbocycles. The van der Waals surface area contributed by atoms with Crippen molar-refractivity contribution in [3.63, 3.8) is 0 Å². The number of aryl methyl sites for hydroxylation is 2. The van der Waals surface area contributed by atoms with E-state index in [2.05, 4.69) is 4.98 Å². The Hall–Kier alpha value is -5.26. The average Bonchev–Trinajstić information content (AvgIpc) is 3.68. The molecule has 2 aliphatic heterocycles. The Morgan fingerprint density at radius 1 is 0.979 bits per heavy atom. The number of benzene rings is 2. The number of amides is 3. The van der Waals surface area contributed by atoms with E-state index in [0.717, 1.165) is 22.2 Å². The highest BCUT2D eigenvalue weighted by atomic mass is 16.6. The van der Waals surface area contributed by atoms with Crippen LogP contribution >= 0.6 is 0 Å². The molecule has 0 unspecified atom stereocenters. The van der Waals surface area contributed by atoms with E-state index in [1.165, 1.54) is 16.9 Å². The van der Waals surface area contributed by atoms with Crippen molar-refractivity contribution in [2.75, 3.05) is 20.2 Å². The van der Waals surface area contributed by atoms with Gasteiger partial charge in [0.25, 0.3) is 11.8 Å². The smallest absolute Gasteiger partial charge is 0.411 e. The van der Waals surface area contributed by atoms with Gasteiger partial charge >= 0.3 is 12.1 Å². The number of imide groups is 1. The molecule has 244 valence electrons. The van der Waals surface area contributed by atoms with E-state index >= 15 is 0 Å². The van der Waals surface area contributed by atoms with Crippen molar-refractivity contribution in [3.8, 4) is 17.0 Å². The summed E-state index contributed by atoms with van der Waals surface area (Å²) in [5.74, 6) is -0.535. The SMILES string of the molecule is COC(=O)[C@@H]1C[C@H](Oc2ccnc(-c3cccc4nn(C)c(CCCN5C(=O)c6ccccc6C5=O)c34)c2)CN1C(=O)OC(C)(C)C. The van der Waals surface area contributed by atoms with Gasteiger partial charge in [-0.25, -0.2) is 9.59 Å². The second-order valence-corrected chi connectivity index (χ2v) is 12.7. The number of hydrogen-bond acceptors (Lipinski definition) is 9. The minimum atomic E-state index is -0.826. The summed E-state index contributed by atoms with van der Waals surface area (Å²) in [5, 5.41) is 5.64. The molecule has 1 fully saturated rings. The van der Waals surface area contributed by atoms with Gasteiger partial charge in [-0.15, -0.1) is 0 Å². The lowest BCUT2D eigenvalue weighted by Gasteiger charge is -2.27.